The average Bonchev–Trinajstić information content (AvgIpc) is 2.50. The van der Waals surface area contributed by atoms with E-state index in [0.717, 1.165) is 11.1 Å². The van der Waals surface area contributed by atoms with E-state index in [0.29, 0.717) is 17.0 Å². The molecular formula is C17H18ClNO2. The van der Waals surface area contributed by atoms with E-state index in [-0.39, 0.29) is 18.6 Å². The van der Waals surface area contributed by atoms with Crippen molar-refractivity contribution in [1.29, 1.82) is 0 Å². The van der Waals surface area contributed by atoms with E-state index >= 15 is 0 Å². The summed E-state index contributed by atoms with van der Waals surface area (Å²) >= 11 is 6.18. The Hall–Kier alpha value is -1.84. The van der Waals surface area contributed by atoms with Crippen LogP contribution in [0.25, 0.3) is 0 Å². The number of hydrogen-bond donors (Lipinski definition) is 2. The highest BCUT2D eigenvalue weighted by Gasteiger charge is 2.17. The van der Waals surface area contributed by atoms with E-state index in [1.807, 2.05) is 43.3 Å². The van der Waals surface area contributed by atoms with Crippen LogP contribution >= 0.6 is 11.6 Å². The maximum absolute atomic E-state index is 12.4. The number of benzene rings is 2. The van der Waals surface area contributed by atoms with Gasteiger partial charge in [-0.3, -0.25) is 4.79 Å². The smallest absolute Gasteiger partial charge is 0.253 e. The van der Waals surface area contributed by atoms with E-state index in [2.05, 4.69) is 5.32 Å². The molecule has 21 heavy (non-hydrogen) atoms. The average molecular weight is 304 g/mol. The van der Waals surface area contributed by atoms with Gasteiger partial charge in [0.2, 0.25) is 0 Å². The Morgan fingerprint density at radius 3 is 2.57 bits per heavy atom. The summed E-state index contributed by atoms with van der Waals surface area (Å²) in [6.45, 7) is 1.86. The van der Waals surface area contributed by atoms with E-state index in [1.54, 1.807) is 12.1 Å². The maximum atomic E-state index is 12.4. The van der Waals surface area contributed by atoms with Crippen molar-refractivity contribution in [3.05, 3.63) is 70.2 Å². The fourth-order valence-electron chi connectivity index (χ4n) is 2.20. The van der Waals surface area contributed by atoms with Crippen LogP contribution in [0.15, 0.2) is 48.5 Å². The fraction of sp³-hybridized carbons (Fsp3) is 0.235. The summed E-state index contributed by atoms with van der Waals surface area (Å²) in [5.74, 6) is -0.231. The Kier molecular flexibility index (Phi) is 5.37. The van der Waals surface area contributed by atoms with Gasteiger partial charge in [-0.05, 0) is 30.5 Å². The van der Waals surface area contributed by atoms with Crippen LogP contribution in [0.1, 0.15) is 33.9 Å². The van der Waals surface area contributed by atoms with Crippen molar-refractivity contribution < 1.29 is 9.90 Å². The highest BCUT2D eigenvalue weighted by Crippen LogP contribution is 2.22. The number of amides is 1. The normalized spacial score (nSPS) is 12.0. The number of aliphatic hydroxyl groups is 1. The first-order valence-corrected chi connectivity index (χ1v) is 7.23. The van der Waals surface area contributed by atoms with Gasteiger partial charge in [-0.15, -0.1) is 0 Å². The third-order valence-corrected chi connectivity index (χ3v) is 3.86. The minimum absolute atomic E-state index is 0.00138. The van der Waals surface area contributed by atoms with Crippen LogP contribution in [0.5, 0.6) is 0 Å². The number of nitrogens with one attached hydrogen (secondary N) is 1. The number of aliphatic hydroxyl groups excluding tert-OH is 1. The molecule has 0 radical (unpaired) electrons. The largest absolute Gasteiger partial charge is 0.396 e. The van der Waals surface area contributed by atoms with Gasteiger partial charge in [0, 0.05) is 6.61 Å². The van der Waals surface area contributed by atoms with E-state index < -0.39 is 0 Å². The molecule has 0 spiro atoms. The van der Waals surface area contributed by atoms with Crippen molar-refractivity contribution in [2.75, 3.05) is 6.61 Å². The Bertz CT molecular complexity index is 613. The SMILES string of the molecule is Cc1cccc(C(=O)NC(CCO)c2ccccc2)c1Cl. The van der Waals surface area contributed by atoms with Gasteiger partial charge in [-0.25, -0.2) is 0 Å². The Morgan fingerprint density at radius 2 is 1.90 bits per heavy atom. The van der Waals surface area contributed by atoms with Crippen molar-refractivity contribution in [3.8, 4) is 0 Å². The molecule has 1 amide bonds. The van der Waals surface area contributed by atoms with Gasteiger partial charge < -0.3 is 10.4 Å². The second kappa shape index (κ2) is 7.25. The van der Waals surface area contributed by atoms with Crippen LogP contribution in [0.3, 0.4) is 0 Å². The zero-order valence-electron chi connectivity index (χ0n) is 11.8. The molecule has 0 saturated heterocycles. The number of halogens is 1. The van der Waals surface area contributed by atoms with Crippen LogP contribution < -0.4 is 5.32 Å². The van der Waals surface area contributed by atoms with Crippen LogP contribution in [-0.2, 0) is 0 Å². The Balaban J connectivity index is 2.21. The van der Waals surface area contributed by atoms with Gasteiger partial charge in [-0.2, -0.15) is 0 Å². The summed E-state index contributed by atoms with van der Waals surface area (Å²) in [4.78, 5) is 12.4. The number of hydrogen-bond acceptors (Lipinski definition) is 2. The lowest BCUT2D eigenvalue weighted by Gasteiger charge is -2.19. The molecule has 1 unspecified atom stereocenters. The van der Waals surface area contributed by atoms with Crippen LogP contribution in [-0.4, -0.2) is 17.6 Å². The fourth-order valence-corrected chi connectivity index (χ4v) is 2.41. The van der Waals surface area contributed by atoms with E-state index in [4.69, 9.17) is 11.6 Å². The quantitative estimate of drug-likeness (QED) is 0.888. The zero-order valence-corrected chi connectivity index (χ0v) is 12.6. The lowest BCUT2D eigenvalue weighted by atomic mass is 10.0. The van der Waals surface area contributed by atoms with Gasteiger partial charge >= 0.3 is 0 Å². The maximum Gasteiger partial charge on any atom is 0.253 e. The molecule has 0 aliphatic rings. The molecule has 0 aliphatic heterocycles. The van der Waals surface area contributed by atoms with E-state index in [1.165, 1.54) is 0 Å². The van der Waals surface area contributed by atoms with Crippen molar-refractivity contribution >= 4 is 17.5 Å². The lowest BCUT2D eigenvalue weighted by molar-refractivity contribution is 0.0930. The first kappa shape index (κ1) is 15.5. The minimum Gasteiger partial charge on any atom is -0.396 e. The van der Waals surface area contributed by atoms with Crippen LogP contribution in [0, 0.1) is 6.92 Å². The predicted octanol–water partition coefficient (Wildman–Crippen LogP) is 3.50. The summed E-state index contributed by atoms with van der Waals surface area (Å²) < 4.78 is 0. The molecule has 0 fully saturated rings. The highest BCUT2D eigenvalue weighted by atomic mass is 35.5. The van der Waals surface area contributed by atoms with Crippen molar-refractivity contribution in [1.82, 2.24) is 5.32 Å². The highest BCUT2D eigenvalue weighted by molar-refractivity contribution is 6.34. The van der Waals surface area contributed by atoms with Crippen LogP contribution in [0.4, 0.5) is 0 Å². The predicted molar refractivity (Wildman–Crippen MR) is 84.5 cm³/mol. The lowest BCUT2D eigenvalue weighted by Crippen LogP contribution is -2.29. The van der Waals surface area contributed by atoms with E-state index in [9.17, 15) is 9.90 Å². The Morgan fingerprint density at radius 1 is 1.19 bits per heavy atom. The molecule has 0 heterocycles. The summed E-state index contributed by atoms with van der Waals surface area (Å²) in [6, 6.07) is 14.7. The second-order valence-electron chi connectivity index (χ2n) is 4.89. The molecule has 1 atom stereocenters. The number of carbonyl (C=O) groups excluding carboxylic acids is 1. The van der Waals surface area contributed by atoms with Gasteiger partial charge in [0.25, 0.3) is 5.91 Å². The minimum atomic E-state index is -0.236. The molecule has 2 rings (SSSR count). The second-order valence-corrected chi connectivity index (χ2v) is 5.26. The molecule has 0 bridgehead atoms. The molecule has 2 aromatic carbocycles. The zero-order chi connectivity index (χ0) is 15.2. The molecular weight excluding hydrogens is 286 g/mol. The number of aryl methyl sites for hydroxylation is 1. The molecule has 3 nitrogen and oxygen atoms in total. The molecule has 0 aromatic heterocycles. The molecule has 2 N–H and O–H groups in total. The molecule has 4 heteroatoms. The van der Waals surface area contributed by atoms with Gasteiger partial charge in [0.15, 0.2) is 0 Å². The van der Waals surface area contributed by atoms with Crippen molar-refractivity contribution in [3.63, 3.8) is 0 Å². The molecule has 110 valence electrons. The van der Waals surface area contributed by atoms with Gasteiger partial charge in [-0.1, -0.05) is 54.1 Å². The molecule has 0 saturated carbocycles. The summed E-state index contributed by atoms with van der Waals surface area (Å²) in [5.41, 5.74) is 2.28. The Labute approximate surface area is 129 Å². The standard InChI is InChI=1S/C17H18ClNO2/c1-12-6-5-9-14(16(12)18)17(21)19-15(10-11-20)13-7-3-2-4-8-13/h2-9,15,20H,10-11H2,1H3,(H,19,21). The third kappa shape index (κ3) is 3.84. The summed E-state index contributed by atoms with van der Waals surface area (Å²) in [6.07, 6.45) is 0.458. The number of rotatable bonds is 5. The summed E-state index contributed by atoms with van der Waals surface area (Å²) in [7, 11) is 0. The topological polar surface area (TPSA) is 49.3 Å². The first-order valence-electron chi connectivity index (χ1n) is 6.85. The number of carbonyl (C=O) groups is 1. The van der Waals surface area contributed by atoms with Crippen molar-refractivity contribution in [2.45, 2.75) is 19.4 Å². The van der Waals surface area contributed by atoms with Gasteiger partial charge in [0.05, 0.1) is 16.6 Å². The molecule has 2 aromatic rings. The third-order valence-electron chi connectivity index (χ3n) is 3.36. The first-order chi connectivity index (χ1) is 10.1. The summed E-state index contributed by atoms with van der Waals surface area (Å²) in [5, 5.41) is 12.6. The van der Waals surface area contributed by atoms with Crippen molar-refractivity contribution in [2.24, 2.45) is 0 Å². The van der Waals surface area contributed by atoms with Crippen LogP contribution in [0.2, 0.25) is 5.02 Å². The monoisotopic (exact) mass is 303 g/mol. The van der Waals surface area contributed by atoms with Gasteiger partial charge in [0.1, 0.15) is 0 Å². The molecule has 0 aliphatic carbocycles.